The van der Waals surface area contributed by atoms with Gasteiger partial charge in [-0.25, -0.2) is 13.1 Å². The molecule has 0 saturated carbocycles. The maximum Gasteiger partial charge on any atom is 1.00 e. The van der Waals surface area contributed by atoms with Crippen LogP contribution < -0.4 is 50.0 Å². The Morgan fingerprint density at radius 2 is 1.60 bits per heavy atom. The fourth-order valence-corrected chi connectivity index (χ4v) is 6.47. The van der Waals surface area contributed by atoms with Crippen LogP contribution in [-0.4, -0.2) is 86.3 Å². The average Bonchev–Trinajstić information content (AvgIpc) is 3.04. The molecule has 2 amide bonds. The van der Waals surface area contributed by atoms with Gasteiger partial charge in [0.1, 0.15) is 18.2 Å². The summed E-state index contributed by atoms with van der Waals surface area (Å²) >= 11 is 0. The smallest absolute Gasteiger partial charge is 0.544 e. The van der Waals surface area contributed by atoms with Gasteiger partial charge < -0.3 is 40.2 Å². The maximum absolute atomic E-state index is 13.3. The van der Waals surface area contributed by atoms with Crippen molar-refractivity contribution in [2.24, 2.45) is 0 Å². The van der Waals surface area contributed by atoms with E-state index in [1.165, 1.54) is 12.1 Å². The molecule has 3 aromatic carbocycles. The topological polar surface area (TPSA) is 203 Å². The molecule has 1 aliphatic heterocycles. The third kappa shape index (κ3) is 9.25. The van der Waals surface area contributed by atoms with Gasteiger partial charge >= 0.3 is 29.6 Å². The summed E-state index contributed by atoms with van der Waals surface area (Å²) in [5.74, 6) is -5.69. The number of aliphatic hydroxyl groups excluding tert-OH is 2. The molecule has 0 aromatic heterocycles. The molecule has 0 spiro atoms. The van der Waals surface area contributed by atoms with E-state index in [1.807, 2.05) is 30.3 Å². The van der Waals surface area contributed by atoms with Gasteiger partial charge in [0.05, 0.1) is 23.1 Å². The Bertz CT molecular complexity index is 1640. The number of methoxy groups -OCH3 is 1. The molecule has 13 nitrogen and oxygen atoms in total. The molecule has 5 N–H and O–H groups in total. The number of amides is 2. The maximum atomic E-state index is 13.3. The van der Waals surface area contributed by atoms with Crippen molar-refractivity contribution in [3.8, 4) is 11.1 Å². The molecule has 1 aliphatic rings. The van der Waals surface area contributed by atoms with Crippen LogP contribution in [0.1, 0.15) is 29.3 Å². The Morgan fingerprint density at radius 1 is 1.00 bits per heavy atom. The van der Waals surface area contributed by atoms with E-state index in [4.69, 9.17) is 9.47 Å². The number of ether oxygens (including phenoxy) is 2. The first-order valence-corrected chi connectivity index (χ1v) is 15.8. The minimum absolute atomic E-state index is 0. The second kappa shape index (κ2) is 16.3. The van der Waals surface area contributed by atoms with Crippen LogP contribution in [0, 0.1) is 6.92 Å². The van der Waals surface area contributed by atoms with Crippen LogP contribution >= 0.6 is 0 Å². The summed E-state index contributed by atoms with van der Waals surface area (Å²) in [7, 11) is -3.31. The molecule has 246 valence electrons. The van der Waals surface area contributed by atoms with E-state index < -0.39 is 77.0 Å². The van der Waals surface area contributed by atoms with E-state index >= 15 is 0 Å². The van der Waals surface area contributed by atoms with E-state index in [2.05, 4.69) is 15.4 Å². The molecule has 15 heteroatoms. The Balaban J connectivity index is 0.00000600. The third-order valence-corrected chi connectivity index (χ3v) is 9.21. The van der Waals surface area contributed by atoms with Crippen LogP contribution in [0.3, 0.4) is 0 Å². The van der Waals surface area contributed by atoms with Crippen LogP contribution in [0.5, 0.6) is 0 Å². The number of hydrogen-bond donors (Lipinski definition) is 5. The molecule has 6 atom stereocenters. The number of carboxylic acid groups (broad SMARTS) is 1. The number of aryl methyl sites for hydroxylation is 1. The molecule has 0 unspecified atom stereocenters. The summed E-state index contributed by atoms with van der Waals surface area (Å²) in [5, 5.41) is 39.4. The zero-order valence-electron chi connectivity index (χ0n) is 26.4. The number of carbonyl (C=O) groups is 3. The number of rotatable bonds is 12. The van der Waals surface area contributed by atoms with Crippen molar-refractivity contribution in [1.82, 2.24) is 15.4 Å². The van der Waals surface area contributed by atoms with Gasteiger partial charge in [-0.3, -0.25) is 9.59 Å². The number of aliphatic carboxylic acids is 1. The number of benzene rings is 3. The van der Waals surface area contributed by atoms with Gasteiger partial charge in [0.25, 0.3) is 5.91 Å². The monoisotopic (exact) mass is 677 g/mol. The Morgan fingerprint density at radius 3 is 2.15 bits per heavy atom. The minimum Gasteiger partial charge on any atom is -0.544 e. The molecule has 1 saturated heterocycles. The van der Waals surface area contributed by atoms with E-state index in [0.717, 1.165) is 30.7 Å². The Kier molecular flexibility index (Phi) is 13.3. The molecular formula is C32H36N3NaO10S. The van der Waals surface area contributed by atoms with Crippen molar-refractivity contribution in [3.63, 3.8) is 0 Å². The number of carboxylic acids is 1. The van der Waals surface area contributed by atoms with Crippen molar-refractivity contribution in [2.75, 3.05) is 13.7 Å². The Labute approximate surface area is 295 Å². The average molecular weight is 678 g/mol. The predicted molar refractivity (Wildman–Crippen MR) is 163 cm³/mol. The number of carbonyl (C=O) groups excluding carboxylic acids is 3. The third-order valence-electron chi connectivity index (χ3n) is 7.71. The first kappa shape index (κ1) is 38.3. The quantitative estimate of drug-likeness (QED) is 0.122. The second-order valence-electron chi connectivity index (χ2n) is 11.0. The van der Waals surface area contributed by atoms with Gasteiger partial charge in [-0.15, -0.1) is 0 Å². The molecular weight excluding hydrogens is 641 g/mol. The summed E-state index contributed by atoms with van der Waals surface area (Å²) < 4.78 is 39.8. The number of hydrogen-bond acceptors (Lipinski definition) is 10. The van der Waals surface area contributed by atoms with Gasteiger partial charge in [-0.1, -0.05) is 60.2 Å². The van der Waals surface area contributed by atoms with Crippen LogP contribution in [0.15, 0.2) is 83.8 Å². The van der Waals surface area contributed by atoms with Crippen LogP contribution in [-0.2, 0) is 29.1 Å². The fraction of sp³-hybridized carbons (Fsp3) is 0.344. The molecule has 1 fully saturated rings. The van der Waals surface area contributed by atoms with Crippen molar-refractivity contribution in [2.45, 2.75) is 61.3 Å². The number of aliphatic hydroxyl groups is 2. The van der Waals surface area contributed by atoms with Gasteiger partial charge in [0, 0.05) is 32.6 Å². The van der Waals surface area contributed by atoms with E-state index in [1.54, 1.807) is 43.3 Å². The van der Waals surface area contributed by atoms with Crippen molar-refractivity contribution in [3.05, 3.63) is 90.0 Å². The SMILES string of the molecule is CO[C@]1(C(=O)[O-])C[C@H](NS(=O)(=O)c2ccc(C)cc2)[C@@H](NC(C)=O)[C@H]([C@H](O)[C@H](O)CNC(=O)c2ccc(-c3ccccc3)cc2)O1.[Na+]. The van der Waals surface area contributed by atoms with Crippen molar-refractivity contribution in [1.29, 1.82) is 0 Å². The van der Waals surface area contributed by atoms with Crippen LogP contribution in [0.4, 0.5) is 0 Å². The zero-order chi connectivity index (χ0) is 33.6. The Hall–Kier alpha value is -3.18. The summed E-state index contributed by atoms with van der Waals surface area (Å²) in [6, 6.07) is 19.2. The normalized spacial score (nSPS) is 22.3. The van der Waals surface area contributed by atoms with Crippen molar-refractivity contribution >= 4 is 27.8 Å². The second-order valence-corrected chi connectivity index (χ2v) is 12.7. The van der Waals surface area contributed by atoms with Gasteiger partial charge in [0.2, 0.25) is 21.7 Å². The van der Waals surface area contributed by atoms with Gasteiger partial charge in [0.15, 0.2) is 0 Å². The standard InChI is InChI=1S/C32H37N3O10S.Na/c1-19-9-15-24(16-10-19)46(42,43)35-25-17-32(44-3,31(40)41)45-29(27(25)34-20(2)36)28(38)26(37)18-33-30(39)23-13-11-22(12-14-23)21-7-5-4-6-8-21;/h4-16,25-29,35,37-38H,17-18H2,1-3H3,(H,33,39)(H,34,36)(H,40,41);/q;+1/p-1/t25-,26+,27+,28+,29+,32+;/m0./s1. The van der Waals surface area contributed by atoms with E-state index in [0.29, 0.717) is 0 Å². The van der Waals surface area contributed by atoms with Gasteiger partial charge in [-0.05, 0) is 42.3 Å². The molecule has 0 aliphatic carbocycles. The molecule has 1 heterocycles. The first-order valence-electron chi connectivity index (χ1n) is 14.4. The largest absolute Gasteiger partial charge is 1.00 e. The van der Waals surface area contributed by atoms with E-state index in [9.17, 15) is 38.1 Å². The summed E-state index contributed by atoms with van der Waals surface area (Å²) in [6.45, 7) is 2.38. The predicted octanol–water partition coefficient (Wildman–Crippen LogP) is -3.15. The zero-order valence-corrected chi connectivity index (χ0v) is 29.2. The van der Waals surface area contributed by atoms with Crippen molar-refractivity contribution < 1.29 is 77.2 Å². The molecule has 4 rings (SSSR count). The molecule has 3 aromatic rings. The molecule has 47 heavy (non-hydrogen) atoms. The number of nitrogens with one attached hydrogen (secondary N) is 3. The van der Waals surface area contributed by atoms with E-state index in [-0.39, 0.29) is 40.0 Å². The summed E-state index contributed by atoms with van der Waals surface area (Å²) in [5.41, 5.74) is 2.91. The van der Waals surface area contributed by atoms with Crippen LogP contribution in [0.2, 0.25) is 0 Å². The first-order chi connectivity index (χ1) is 21.8. The minimum atomic E-state index is -4.30. The summed E-state index contributed by atoms with van der Waals surface area (Å²) in [4.78, 5) is 37.2. The van der Waals surface area contributed by atoms with Gasteiger partial charge in [-0.2, -0.15) is 0 Å². The molecule has 0 radical (unpaired) electrons. The molecule has 0 bridgehead atoms. The fourth-order valence-electron chi connectivity index (χ4n) is 5.22. The van der Waals surface area contributed by atoms with Crippen LogP contribution in [0.25, 0.3) is 11.1 Å². The number of sulfonamides is 1. The summed E-state index contributed by atoms with van der Waals surface area (Å²) in [6.07, 6.45) is -6.15.